The number of esters is 3. The van der Waals surface area contributed by atoms with E-state index >= 15 is 0 Å². The maximum atomic E-state index is 12.8. The summed E-state index contributed by atoms with van der Waals surface area (Å²) in [6.07, 6.45) is 74.9. The smallest absolute Gasteiger partial charge is 0.306 e. The largest absolute Gasteiger partial charge is 0.462 e. The van der Waals surface area contributed by atoms with Crippen molar-refractivity contribution < 1.29 is 28.6 Å². The van der Waals surface area contributed by atoms with Crippen LogP contribution in [0.1, 0.15) is 278 Å². The van der Waals surface area contributed by atoms with Crippen LogP contribution in [-0.4, -0.2) is 37.2 Å². The highest BCUT2D eigenvalue weighted by Crippen LogP contribution is 2.15. The van der Waals surface area contributed by atoms with Crippen molar-refractivity contribution in [1.82, 2.24) is 0 Å². The molecule has 69 heavy (non-hydrogen) atoms. The number of ether oxygens (including phenoxy) is 3. The second-order valence-electron chi connectivity index (χ2n) is 19.2. The first-order chi connectivity index (χ1) is 34.0. The van der Waals surface area contributed by atoms with Gasteiger partial charge in [0.25, 0.3) is 0 Å². The molecule has 0 aliphatic rings. The first-order valence-corrected chi connectivity index (χ1v) is 29.1. The maximum absolute atomic E-state index is 12.8. The number of carbonyl (C=O) groups excluding carboxylic acids is 3. The summed E-state index contributed by atoms with van der Waals surface area (Å²) >= 11 is 0. The molecule has 0 spiro atoms. The first kappa shape index (κ1) is 65.6. The van der Waals surface area contributed by atoms with Gasteiger partial charge in [-0.05, 0) is 96.3 Å². The van der Waals surface area contributed by atoms with E-state index in [2.05, 4.69) is 106 Å². The lowest BCUT2D eigenvalue weighted by Crippen LogP contribution is -2.30. The number of allylic oxidation sites excluding steroid dienone is 14. The van der Waals surface area contributed by atoms with Crippen LogP contribution in [0.15, 0.2) is 85.1 Å². The van der Waals surface area contributed by atoms with Gasteiger partial charge in [0.2, 0.25) is 0 Å². The third-order valence-corrected chi connectivity index (χ3v) is 12.4. The predicted octanol–water partition coefficient (Wildman–Crippen LogP) is 19.5. The van der Waals surface area contributed by atoms with E-state index in [4.69, 9.17) is 14.2 Å². The number of unbranched alkanes of at least 4 members (excludes halogenated alkanes) is 27. The van der Waals surface area contributed by atoms with Gasteiger partial charge in [-0.3, -0.25) is 14.4 Å². The van der Waals surface area contributed by atoms with Crippen LogP contribution in [0.4, 0.5) is 0 Å². The molecule has 0 aromatic heterocycles. The molecule has 0 radical (unpaired) electrons. The standard InChI is InChI=1S/C63H108O6/c1-4-7-10-13-15-17-19-21-23-25-27-29-30-31-32-34-35-37-39-41-43-45-47-50-53-56-62(65)68-59-60(58-67-61(64)55-52-49-12-9-6-3)69-63(66)57-54-51-48-46-44-42-40-38-36-33-28-26-24-22-20-18-16-14-11-8-5-2/h8,11,16,18,22,24-25,27-28,33,38,40,44,46,60H,4-7,9-10,12-15,17,19-21,23,26,29-32,34-37,39,41-43,45,47-59H2,1-3H3/b11-8-,18-16-,24-22-,27-25-,33-28-,40-38-,46-44-. The number of carbonyl (C=O) groups is 3. The van der Waals surface area contributed by atoms with Gasteiger partial charge in [0.05, 0.1) is 0 Å². The molecule has 6 heteroatoms. The molecule has 0 heterocycles. The van der Waals surface area contributed by atoms with E-state index < -0.39 is 6.10 Å². The van der Waals surface area contributed by atoms with Crippen molar-refractivity contribution in [1.29, 1.82) is 0 Å². The summed E-state index contributed by atoms with van der Waals surface area (Å²) in [6.45, 7) is 6.42. The Morgan fingerprint density at radius 3 is 0.928 bits per heavy atom. The molecule has 0 amide bonds. The van der Waals surface area contributed by atoms with Gasteiger partial charge in [-0.25, -0.2) is 0 Å². The zero-order chi connectivity index (χ0) is 50.0. The Morgan fingerprint density at radius 1 is 0.304 bits per heavy atom. The quantitative estimate of drug-likeness (QED) is 0.0262. The number of rotatable bonds is 52. The molecular weight excluding hydrogens is 853 g/mol. The molecule has 0 saturated heterocycles. The lowest BCUT2D eigenvalue weighted by molar-refractivity contribution is -0.167. The van der Waals surface area contributed by atoms with Gasteiger partial charge in [0.1, 0.15) is 13.2 Å². The average Bonchev–Trinajstić information content (AvgIpc) is 3.35. The highest BCUT2D eigenvalue weighted by molar-refractivity contribution is 5.71. The topological polar surface area (TPSA) is 78.9 Å². The van der Waals surface area contributed by atoms with E-state index in [1.54, 1.807) is 0 Å². The van der Waals surface area contributed by atoms with Crippen LogP contribution in [0.5, 0.6) is 0 Å². The van der Waals surface area contributed by atoms with Crippen molar-refractivity contribution in [2.24, 2.45) is 0 Å². The summed E-state index contributed by atoms with van der Waals surface area (Å²) in [5, 5.41) is 0. The minimum atomic E-state index is -0.796. The van der Waals surface area contributed by atoms with Gasteiger partial charge in [-0.1, -0.05) is 247 Å². The fourth-order valence-corrected chi connectivity index (χ4v) is 8.03. The minimum absolute atomic E-state index is 0.0936. The molecule has 0 aliphatic carbocycles. The molecule has 0 bridgehead atoms. The van der Waals surface area contributed by atoms with Crippen molar-refractivity contribution in [3.05, 3.63) is 85.1 Å². The Bertz CT molecular complexity index is 1330. The van der Waals surface area contributed by atoms with E-state index in [-0.39, 0.29) is 37.5 Å². The van der Waals surface area contributed by atoms with Crippen LogP contribution in [0.2, 0.25) is 0 Å². The highest BCUT2D eigenvalue weighted by Gasteiger charge is 2.19. The Morgan fingerprint density at radius 2 is 0.565 bits per heavy atom. The van der Waals surface area contributed by atoms with E-state index in [9.17, 15) is 14.4 Å². The molecule has 396 valence electrons. The number of hydrogen-bond donors (Lipinski definition) is 0. The van der Waals surface area contributed by atoms with Crippen LogP contribution in [0, 0.1) is 0 Å². The molecule has 0 aliphatic heterocycles. The van der Waals surface area contributed by atoms with Gasteiger partial charge in [0.15, 0.2) is 6.10 Å². The van der Waals surface area contributed by atoms with Crippen LogP contribution >= 0.6 is 0 Å². The Balaban J connectivity index is 4.14. The lowest BCUT2D eigenvalue weighted by Gasteiger charge is -2.18. The molecular formula is C63H108O6. The van der Waals surface area contributed by atoms with Gasteiger partial charge in [-0.2, -0.15) is 0 Å². The van der Waals surface area contributed by atoms with E-state index in [0.29, 0.717) is 19.3 Å². The first-order valence-electron chi connectivity index (χ1n) is 29.1. The fraction of sp³-hybridized carbons (Fsp3) is 0.730. The molecule has 0 aromatic carbocycles. The maximum Gasteiger partial charge on any atom is 0.306 e. The highest BCUT2D eigenvalue weighted by atomic mass is 16.6. The van der Waals surface area contributed by atoms with Gasteiger partial charge >= 0.3 is 17.9 Å². The summed E-state index contributed by atoms with van der Waals surface area (Å²) in [6, 6.07) is 0. The van der Waals surface area contributed by atoms with Crippen molar-refractivity contribution in [2.75, 3.05) is 13.2 Å². The van der Waals surface area contributed by atoms with E-state index in [0.717, 1.165) is 103 Å². The lowest BCUT2D eigenvalue weighted by atomic mass is 10.0. The second kappa shape index (κ2) is 57.2. The van der Waals surface area contributed by atoms with Crippen LogP contribution in [-0.2, 0) is 28.6 Å². The Hall–Kier alpha value is -3.41. The van der Waals surface area contributed by atoms with Crippen molar-refractivity contribution in [3.63, 3.8) is 0 Å². The van der Waals surface area contributed by atoms with Crippen LogP contribution in [0.3, 0.4) is 0 Å². The van der Waals surface area contributed by atoms with Crippen molar-refractivity contribution >= 4 is 17.9 Å². The van der Waals surface area contributed by atoms with Gasteiger partial charge in [0, 0.05) is 19.3 Å². The molecule has 1 atom stereocenters. The van der Waals surface area contributed by atoms with Crippen molar-refractivity contribution in [3.8, 4) is 0 Å². The van der Waals surface area contributed by atoms with Gasteiger partial charge in [-0.15, -0.1) is 0 Å². The Kier molecular flexibility index (Phi) is 54.3. The third kappa shape index (κ3) is 55.4. The summed E-state index contributed by atoms with van der Waals surface area (Å²) in [7, 11) is 0. The minimum Gasteiger partial charge on any atom is -0.462 e. The zero-order valence-electron chi connectivity index (χ0n) is 45.3. The molecule has 0 rings (SSSR count). The summed E-state index contributed by atoms with van der Waals surface area (Å²) in [4.78, 5) is 37.8. The Labute approximate surface area is 426 Å². The second-order valence-corrected chi connectivity index (χ2v) is 19.2. The zero-order valence-corrected chi connectivity index (χ0v) is 45.3. The SMILES string of the molecule is CC/C=C\C/C=C\C/C=C\C/C=C\C/C=C\C/C=C\CCCCC(=O)OC(COC(=O)CCCCCCC)COC(=O)CCCCCCCCCCCCCCC/C=C\CCCCCCCCCC. The monoisotopic (exact) mass is 961 g/mol. The summed E-state index contributed by atoms with van der Waals surface area (Å²) in [5.74, 6) is -0.948. The molecule has 1 unspecified atom stereocenters. The molecule has 6 nitrogen and oxygen atoms in total. The predicted molar refractivity (Wildman–Crippen MR) is 297 cm³/mol. The fourth-order valence-electron chi connectivity index (χ4n) is 8.03. The normalized spacial score (nSPS) is 12.7. The van der Waals surface area contributed by atoms with Crippen LogP contribution < -0.4 is 0 Å². The van der Waals surface area contributed by atoms with E-state index in [1.165, 1.54) is 128 Å². The molecule has 0 saturated carbocycles. The average molecular weight is 962 g/mol. The summed E-state index contributed by atoms with van der Waals surface area (Å²) in [5.41, 5.74) is 0. The third-order valence-electron chi connectivity index (χ3n) is 12.4. The number of hydrogen-bond acceptors (Lipinski definition) is 6. The molecule has 0 N–H and O–H groups in total. The van der Waals surface area contributed by atoms with E-state index in [1.807, 2.05) is 0 Å². The van der Waals surface area contributed by atoms with Crippen molar-refractivity contribution in [2.45, 2.75) is 284 Å². The molecule has 0 fully saturated rings. The summed E-state index contributed by atoms with van der Waals surface area (Å²) < 4.78 is 16.7. The van der Waals surface area contributed by atoms with Crippen LogP contribution in [0.25, 0.3) is 0 Å². The molecule has 0 aromatic rings. The van der Waals surface area contributed by atoms with Gasteiger partial charge < -0.3 is 14.2 Å².